The standard InChI is InChI=1S/C15H12BrN3/c16-13-4-3-10-7-12(2-1-11(10)8-13)15-18-17-9-19(15)14-5-6-14/h1-4,7-9,14H,5-6H2. The lowest BCUT2D eigenvalue weighted by Gasteiger charge is -2.06. The molecule has 3 aromatic rings. The van der Waals surface area contributed by atoms with Gasteiger partial charge in [-0.2, -0.15) is 0 Å². The number of aromatic nitrogens is 3. The molecule has 1 saturated carbocycles. The van der Waals surface area contributed by atoms with Gasteiger partial charge in [-0.1, -0.05) is 34.1 Å². The number of fused-ring (bicyclic) bond motifs is 1. The maximum absolute atomic E-state index is 4.28. The summed E-state index contributed by atoms with van der Waals surface area (Å²) in [6.45, 7) is 0. The third-order valence-electron chi connectivity index (χ3n) is 3.57. The molecule has 0 N–H and O–H groups in total. The summed E-state index contributed by atoms with van der Waals surface area (Å²) >= 11 is 3.50. The Hall–Kier alpha value is -1.68. The Bertz CT molecular complexity index is 759. The van der Waals surface area contributed by atoms with Crippen LogP contribution >= 0.6 is 15.9 Å². The first-order valence-electron chi connectivity index (χ1n) is 6.40. The van der Waals surface area contributed by atoms with Crippen LogP contribution in [-0.4, -0.2) is 14.8 Å². The topological polar surface area (TPSA) is 30.7 Å². The van der Waals surface area contributed by atoms with Crippen molar-refractivity contribution in [2.24, 2.45) is 0 Å². The van der Waals surface area contributed by atoms with Gasteiger partial charge in [0.1, 0.15) is 6.33 Å². The van der Waals surface area contributed by atoms with Gasteiger partial charge in [0.05, 0.1) is 0 Å². The molecule has 0 atom stereocenters. The van der Waals surface area contributed by atoms with Crippen LogP contribution in [0.25, 0.3) is 22.2 Å². The van der Waals surface area contributed by atoms with Crippen LogP contribution in [-0.2, 0) is 0 Å². The first-order valence-corrected chi connectivity index (χ1v) is 7.20. The Labute approximate surface area is 119 Å². The van der Waals surface area contributed by atoms with E-state index in [0.29, 0.717) is 6.04 Å². The summed E-state index contributed by atoms with van der Waals surface area (Å²) in [4.78, 5) is 0. The predicted molar refractivity (Wildman–Crippen MR) is 78.9 cm³/mol. The summed E-state index contributed by atoms with van der Waals surface area (Å²) in [6.07, 6.45) is 4.33. The van der Waals surface area contributed by atoms with E-state index < -0.39 is 0 Å². The molecule has 1 aliphatic carbocycles. The van der Waals surface area contributed by atoms with E-state index in [2.05, 4.69) is 67.1 Å². The molecule has 0 radical (unpaired) electrons. The third kappa shape index (κ3) is 1.96. The molecule has 1 fully saturated rings. The Morgan fingerprint density at radius 3 is 2.68 bits per heavy atom. The lowest BCUT2D eigenvalue weighted by atomic mass is 10.1. The second kappa shape index (κ2) is 4.17. The van der Waals surface area contributed by atoms with Crippen molar-refractivity contribution in [3.8, 4) is 11.4 Å². The molecule has 2 aromatic carbocycles. The minimum Gasteiger partial charge on any atom is -0.310 e. The van der Waals surface area contributed by atoms with Crippen molar-refractivity contribution in [3.63, 3.8) is 0 Å². The molecule has 0 amide bonds. The van der Waals surface area contributed by atoms with Crippen LogP contribution in [0.4, 0.5) is 0 Å². The van der Waals surface area contributed by atoms with Crippen LogP contribution in [0.2, 0.25) is 0 Å². The summed E-state index contributed by atoms with van der Waals surface area (Å²) in [7, 11) is 0. The number of halogens is 1. The van der Waals surface area contributed by atoms with Crippen LogP contribution in [0.3, 0.4) is 0 Å². The number of hydrogen-bond donors (Lipinski definition) is 0. The molecule has 19 heavy (non-hydrogen) atoms. The monoisotopic (exact) mass is 313 g/mol. The fraction of sp³-hybridized carbons (Fsp3) is 0.200. The zero-order valence-corrected chi connectivity index (χ0v) is 11.8. The fourth-order valence-electron chi connectivity index (χ4n) is 2.42. The first-order chi connectivity index (χ1) is 9.31. The van der Waals surface area contributed by atoms with Crippen molar-refractivity contribution in [2.45, 2.75) is 18.9 Å². The number of hydrogen-bond acceptors (Lipinski definition) is 2. The summed E-state index contributed by atoms with van der Waals surface area (Å²) in [5.74, 6) is 0.979. The molecule has 0 spiro atoms. The van der Waals surface area contributed by atoms with Gasteiger partial charge in [-0.25, -0.2) is 0 Å². The fourth-order valence-corrected chi connectivity index (χ4v) is 2.80. The average molecular weight is 314 g/mol. The van der Waals surface area contributed by atoms with Crippen LogP contribution in [0, 0.1) is 0 Å². The molecule has 4 rings (SSSR count). The minimum atomic E-state index is 0.602. The SMILES string of the molecule is Brc1ccc2cc(-c3nncn3C3CC3)ccc2c1. The molecule has 94 valence electrons. The first kappa shape index (κ1) is 11.2. The highest BCUT2D eigenvalue weighted by Crippen LogP contribution is 2.37. The lowest BCUT2D eigenvalue weighted by molar-refractivity contribution is 0.746. The van der Waals surface area contributed by atoms with Crippen molar-refractivity contribution in [1.82, 2.24) is 14.8 Å². The van der Waals surface area contributed by atoms with E-state index in [9.17, 15) is 0 Å². The Kier molecular flexibility index (Phi) is 2.45. The van der Waals surface area contributed by atoms with E-state index >= 15 is 0 Å². The number of rotatable bonds is 2. The average Bonchev–Trinajstić information content (AvgIpc) is 3.16. The number of benzene rings is 2. The smallest absolute Gasteiger partial charge is 0.164 e. The molecule has 4 heteroatoms. The van der Waals surface area contributed by atoms with Crippen LogP contribution in [0.5, 0.6) is 0 Å². The summed E-state index contributed by atoms with van der Waals surface area (Å²) in [5, 5.41) is 10.8. The summed E-state index contributed by atoms with van der Waals surface area (Å²) in [6, 6.07) is 13.4. The van der Waals surface area contributed by atoms with Gasteiger partial charge in [-0.05, 0) is 41.8 Å². The highest BCUT2D eigenvalue weighted by atomic mass is 79.9. The van der Waals surface area contributed by atoms with E-state index in [-0.39, 0.29) is 0 Å². The Balaban J connectivity index is 1.86. The molecule has 0 saturated heterocycles. The highest BCUT2D eigenvalue weighted by molar-refractivity contribution is 9.10. The van der Waals surface area contributed by atoms with Gasteiger partial charge >= 0.3 is 0 Å². The molecule has 3 nitrogen and oxygen atoms in total. The van der Waals surface area contributed by atoms with E-state index in [1.165, 1.54) is 23.6 Å². The molecule has 1 heterocycles. The van der Waals surface area contributed by atoms with Gasteiger partial charge < -0.3 is 4.57 Å². The normalized spacial score (nSPS) is 15.0. The predicted octanol–water partition coefficient (Wildman–Crippen LogP) is 4.20. The van der Waals surface area contributed by atoms with Crippen molar-refractivity contribution in [3.05, 3.63) is 47.2 Å². The third-order valence-corrected chi connectivity index (χ3v) is 4.07. The van der Waals surface area contributed by atoms with Gasteiger partial charge in [0, 0.05) is 16.1 Å². The minimum absolute atomic E-state index is 0.602. The van der Waals surface area contributed by atoms with Gasteiger partial charge in [0.15, 0.2) is 5.82 Å². The summed E-state index contributed by atoms with van der Waals surface area (Å²) < 4.78 is 3.30. The van der Waals surface area contributed by atoms with Crippen LogP contribution < -0.4 is 0 Å². The zero-order valence-electron chi connectivity index (χ0n) is 10.3. The molecule has 1 aromatic heterocycles. The summed E-state index contributed by atoms with van der Waals surface area (Å²) in [5.41, 5.74) is 1.14. The largest absolute Gasteiger partial charge is 0.310 e. The number of nitrogens with zero attached hydrogens (tertiary/aromatic N) is 3. The zero-order chi connectivity index (χ0) is 12.8. The molecule has 0 bridgehead atoms. The van der Waals surface area contributed by atoms with Crippen LogP contribution in [0.1, 0.15) is 18.9 Å². The Morgan fingerprint density at radius 2 is 1.84 bits per heavy atom. The van der Waals surface area contributed by atoms with Gasteiger partial charge in [0.25, 0.3) is 0 Å². The maximum atomic E-state index is 4.28. The van der Waals surface area contributed by atoms with E-state index in [4.69, 9.17) is 0 Å². The van der Waals surface area contributed by atoms with Gasteiger partial charge in [-0.15, -0.1) is 10.2 Å². The highest BCUT2D eigenvalue weighted by Gasteiger charge is 2.26. The van der Waals surface area contributed by atoms with E-state index in [1.807, 2.05) is 6.33 Å². The maximum Gasteiger partial charge on any atom is 0.164 e. The molecule has 1 aliphatic rings. The quantitative estimate of drug-likeness (QED) is 0.710. The van der Waals surface area contributed by atoms with Crippen molar-refractivity contribution < 1.29 is 0 Å². The van der Waals surface area contributed by atoms with Crippen molar-refractivity contribution >= 4 is 26.7 Å². The van der Waals surface area contributed by atoms with Crippen molar-refractivity contribution in [2.75, 3.05) is 0 Å². The van der Waals surface area contributed by atoms with Gasteiger partial charge in [0.2, 0.25) is 0 Å². The van der Waals surface area contributed by atoms with E-state index in [0.717, 1.165) is 15.9 Å². The molecule has 0 unspecified atom stereocenters. The molecular formula is C15H12BrN3. The van der Waals surface area contributed by atoms with Gasteiger partial charge in [-0.3, -0.25) is 0 Å². The van der Waals surface area contributed by atoms with Crippen molar-refractivity contribution in [1.29, 1.82) is 0 Å². The Morgan fingerprint density at radius 1 is 1.05 bits per heavy atom. The van der Waals surface area contributed by atoms with Crippen LogP contribution in [0.15, 0.2) is 47.2 Å². The molecular weight excluding hydrogens is 302 g/mol. The second-order valence-electron chi connectivity index (χ2n) is 5.00. The second-order valence-corrected chi connectivity index (χ2v) is 5.91. The molecule has 0 aliphatic heterocycles. The van der Waals surface area contributed by atoms with E-state index in [1.54, 1.807) is 0 Å². The lowest BCUT2D eigenvalue weighted by Crippen LogP contribution is -1.95.